The Morgan fingerprint density at radius 2 is 1.95 bits per heavy atom. The molecule has 106 valence electrons. The Balaban J connectivity index is 1.64. The van der Waals surface area contributed by atoms with E-state index in [-0.39, 0.29) is 0 Å². The van der Waals surface area contributed by atoms with Gasteiger partial charge in [-0.3, -0.25) is 0 Å². The summed E-state index contributed by atoms with van der Waals surface area (Å²) in [5.41, 5.74) is 1.96. The molecule has 2 aromatic heterocycles. The van der Waals surface area contributed by atoms with Crippen LogP contribution in [-0.2, 0) is 0 Å². The van der Waals surface area contributed by atoms with Crippen LogP contribution >= 0.6 is 0 Å². The van der Waals surface area contributed by atoms with Gasteiger partial charge >= 0.3 is 0 Å². The molecule has 1 aliphatic carbocycles. The van der Waals surface area contributed by atoms with Crippen molar-refractivity contribution in [3.63, 3.8) is 0 Å². The molecule has 1 N–H and O–H groups in total. The van der Waals surface area contributed by atoms with Gasteiger partial charge in [0.1, 0.15) is 5.82 Å². The minimum absolute atomic E-state index is 0.293. The number of aromatic nitrogens is 5. The lowest BCUT2D eigenvalue weighted by atomic mass is 9.77. The number of nitrogens with one attached hydrogen (secondary N) is 1. The van der Waals surface area contributed by atoms with Crippen LogP contribution < -0.4 is 5.32 Å². The highest BCUT2D eigenvalue weighted by atomic mass is 15.6. The van der Waals surface area contributed by atoms with Crippen LogP contribution in [0.15, 0.2) is 42.5 Å². The van der Waals surface area contributed by atoms with Gasteiger partial charge in [0.25, 0.3) is 0 Å². The van der Waals surface area contributed by atoms with Gasteiger partial charge in [0.05, 0.1) is 6.04 Å². The van der Waals surface area contributed by atoms with E-state index >= 15 is 0 Å². The molecule has 6 heteroatoms. The molecule has 1 aliphatic rings. The van der Waals surface area contributed by atoms with Crippen LogP contribution in [0.4, 0.5) is 5.82 Å². The van der Waals surface area contributed by atoms with E-state index in [0.29, 0.717) is 17.6 Å². The molecule has 2 heterocycles. The summed E-state index contributed by atoms with van der Waals surface area (Å²) in [7, 11) is 0. The second kappa shape index (κ2) is 5.12. The summed E-state index contributed by atoms with van der Waals surface area (Å²) in [6, 6.07) is 14.7. The third-order valence-corrected chi connectivity index (χ3v) is 4.15. The number of anilines is 1. The van der Waals surface area contributed by atoms with Gasteiger partial charge in [-0.2, -0.15) is 0 Å². The third-order valence-electron chi connectivity index (χ3n) is 4.15. The lowest BCUT2D eigenvalue weighted by Gasteiger charge is -2.34. The first-order valence-corrected chi connectivity index (χ1v) is 7.27. The summed E-state index contributed by atoms with van der Waals surface area (Å²) in [5, 5.41) is 19.3. The summed E-state index contributed by atoms with van der Waals surface area (Å²) in [6.07, 6.45) is 3.84. The summed E-state index contributed by atoms with van der Waals surface area (Å²) in [6.45, 7) is 0. The normalized spacial score (nSPS) is 16.6. The molecule has 6 nitrogen and oxygen atoms in total. The first-order valence-electron chi connectivity index (χ1n) is 7.27. The molecule has 3 aromatic rings. The van der Waals surface area contributed by atoms with E-state index in [2.05, 4.69) is 50.2 Å². The standard InChI is InChI=1S/C15H16N6/c1-2-5-11(6-3-1)15(12-7-4-8-12)16-13-9-10-14-17-19-20-21(14)18-13/h1-3,5-6,9-10,12,15H,4,7-8H2,(H,16,18)/t15-/m0/s1. The van der Waals surface area contributed by atoms with Crippen LogP contribution in [0.2, 0.25) is 0 Å². The van der Waals surface area contributed by atoms with Crippen molar-refractivity contribution in [2.45, 2.75) is 25.3 Å². The van der Waals surface area contributed by atoms with Gasteiger partial charge < -0.3 is 5.32 Å². The summed E-state index contributed by atoms with van der Waals surface area (Å²) in [4.78, 5) is 0. The zero-order chi connectivity index (χ0) is 14.1. The van der Waals surface area contributed by atoms with Crippen molar-refractivity contribution < 1.29 is 0 Å². The van der Waals surface area contributed by atoms with Gasteiger partial charge in [0, 0.05) is 0 Å². The van der Waals surface area contributed by atoms with E-state index < -0.39 is 0 Å². The fourth-order valence-electron chi connectivity index (χ4n) is 2.79. The molecule has 0 spiro atoms. The van der Waals surface area contributed by atoms with Crippen LogP contribution in [0.25, 0.3) is 5.65 Å². The van der Waals surface area contributed by atoms with Crippen molar-refractivity contribution >= 4 is 11.5 Å². The Labute approximate surface area is 122 Å². The van der Waals surface area contributed by atoms with E-state index in [4.69, 9.17) is 0 Å². The van der Waals surface area contributed by atoms with Crippen LogP contribution in [0.5, 0.6) is 0 Å². The Bertz CT molecular complexity index is 734. The smallest absolute Gasteiger partial charge is 0.200 e. The van der Waals surface area contributed by atoms with Gasteiger partial charge in [-0.25, -0.2) is 0 Å². The van der Waals surface area contributed by atoms with E-state index in [1.165, 1.54) is 29.5 Å². The number of rotatable bonds is 4. The van der Waals surface area contributed by atoms with Gasteiger partial charge in [0.2, 0.25) is 0 Å². The predicted molar refractivity (Wildman–Crippen MR) is 78.7 cm³/mol. The topological polar surface area (TPSA) is 68.0 Å². The van der Waals surface area contributed by atoms with Crippen molar-refractivity contribution in [3.05, 3.63) is 48.0 Å². The monoisotopic (exact) mass is 280 g/mol. The van der Waals surface area contributed by atoms with Crippen LogP contribution in [-0.4, -0.2) is 25.3 Å². The highest BCUT2D eigenvalue weighted by Gasteiger charge is 2.28. The largest absolute Gasteiger partial charge is 0.361 e. The number of hydrogen-bond acceptors (Lipinski definition) is 5. The molecule has 0 amide bonds. The summed E-state index contributed by atoms with van der Waals surface area (Å²) in [5.74, 6) is 1.47. The molecule has 0 bridgehead atoms. The molecule has 4 rings (SSSR count). The molecule has 0 aliphatic heterocycles. The second-order valence-electron chi connectivity index (χ2n) is 5.47. The Hall–Kier alpha value is -2.50. The molecule has 1 atom stereocenters. The minimum Gasteiger partial charge on any atom is -0.361 e. The van der Waals surface area contributed by atoms with Gasteiger partial charge in [-0.1, -0.05) is 36.8 Å². The summed E-state index contributed by atoms with van der Waals surface area (Å²) < 4.78 is 1.45. The number of tetrazole rings is 1. The Morgan fingerprint density at radius 1 is 1.10 bits per heavy atom. The highest BCUT2D eigenvalue weighted by molar-refractivity contribution is 5.44. The first kappa shape index (κ1) is 12.3. The molecular weight excluding hydrogens is 264 g/mol. The number of benzene rings is 1. The first-order chi connectivity index (χ1) is 10.4. The van der Waals surface area contributed by atoms with E-state index in [1.54, 1.807) is 0 Å². The summed E-state index contributed by atoms with van der Waals surface area (Å²) >= 11 is 0. The maximum absolute atomic E-state index is 4.41. The van der Waals surface area contributed by atoms with Crippen molar-refractivity contribution in [2.75, 3.05) is 5.32 Å². The zero-order valence-electron chi connectivity index (χ0n) is 11.6. The quantitative estimate of drug-likeness (QED) is 0.795. The van der Waals surface area contributed by atoms with E-state index in [1.807, 2.05) is 18.2 Å². The third kappa shape index (κ3) is 2.33. The molecular formula is C15H16N6. The zero-order valence-corrected chi connectivity index (χ0v) is 11.6. The average molecular weight is 280 g/mol. The fraction of sp³-hybridized carbons (Fsp3) is 0.333. The van der Waals surface area contributed by atoms with Crippen molar-refractivity contribution in [3.8, 4) is 0 Å². The van der Waals surface area contributed by atoms with Crippen LogP contribution in [0.1, 0.15) is 30.9 Å². The van der Waals surface area contributed by atoms with Crippen molar-refractivity contribution in [1.82, 2.24) is 25.3 Å². The maximum atomic E-state index is 4.41. The lowest BCUT2D eigenvalue weighted by Crippen LogP contribution is -2.27. The molecule has 21 heavy (non-hydrogen) atoms. The van der Waals surface area contributed by atoms with Crippen LogP contribution in [0, 0.1) is 5.92 Å². The number of nitrogens with zero attached hydrogens (tertiary/aromatic N) is 5. The number of hydrogen-bond donors (Lipinski definition) is 1. The molecule has 0 unspecified atom stereocenters. The lowest BCUT2D eigenvalue weighted by molar-refractivity contribution is 0.276. The predicted octanol–water partition coefficient (Wildman–Crippen LogP) is 2.47. The van der Waals surface area contributed by atoms with Gasteiger partial charge in [-0.15, -0.1) is 14.8 Å². The second-order valence-corrected chi connectivity index (χ2v) is 5.47. The van der Waals surface area contributed by atoms with E-state index in [0.717, 1.165) is 5.82 Å². The van der Waals surface area contributed by atoms with Gasteiger partial charge in [-0.05, 0) is 46.9 Å². The van der Waals surface area contributed by atoms with Gasteiger partial charge in [0.15, 0.2) is 5.65 Å². The molecule has 0 saturated heterocycles. The van der Waals surface area contributed by atoms with Crippen molar-refractivity contribution in [1.29, 1.82) is 0 Å². The Kier molecular flexibility index (Phi) is 2.99. The highest BCUT2D eigenvalue weighted by Crippen LogP contribution is 2.39. The molecule has 1 saturated carbocycles. The van der Waals surface area contributed by atoms with Crippen LogP contribution in [0.3, 0.4) is 0 Å². The van der Waals surface area contributed by atoms with E-state index in [9.17, 15) is 0 Å². The number of fused-ring (bicyclic) bond motifs is 1. The Morgan fingerprint density at radius 3 is 2.71 bits per heavy atom. The average Bonchev–Trinajstić information content (AvgIpc) is 2.93. The minimum atomic E-state index is 0.293. The molecule has 1 aromatic carbocycles. The maximum Gasteiger partial charge on any atom is 0.200 e. The molecule has 1 fully saturated rings. The molecule has 0 radical (unpaired) electrons. The fourth-order valence-corrected chi connectivity index (χ4v) is 2.79. The SMILES string of the molecule is c1ccc([C@H](Nc2ccc3nnnn3n2)C2CCC2)cc1. The van der Waals surface area contributed by atoms with Crippen molar-refractivity contribution in [2.24, 2.45) is 5.92 Å².